The number of para-hydroxylation sites is 2. The van der Waals surface area contributed by atoms with Crippen LogP contribution in [0.2, 0.25) is 0 Å². The van der Waals surface area contributed by atoms with Gasteiger partial charge in [0.05, 0.1) is 16.4 Å². The molecule has 2 N–H and O–H groups in total. The Hall–Kier alpha value is -3.41. The Morgan fingerprint density at radius 3 is 2.77 bits per heavy atom. The van der Waals surface area contributed by atoms with Crippen LogP contribution in [-0.4, -0.2) is 20.9 Å². The fraction of sp³-hybridized carbons (Fsp3) is 0.150. The summed E-state index contributed by atoms with van der Waals surface area (Å²) in [5.41, 5.74) is 4.45. The molecule has 0 saturated heterocycles. The predicted octanol–water partition coefficient (Wildman–Crippen LogP) is 4.10. The van der Waals surface area contributed by atoms with E-state index >= 15 is 0 Å². The molecule has 1 amide bonds. The van der Waals surface area contributed by atoms with Gasteiger partial charge in [-0.05, 0) is 43.7 Å². The van der Waals surface area contributed by atoms with Gasteiger partial charge in [0.25, 0.3) is 0 Å². The van der Waals surface area contributed by atoms with Gasteiger partial charge < -0.3 is 14.7 Å². The maximum absolute atomic E-state index is 12.1. The first kappa shape index (κ1) is 14.9. The first-order valence-electron chi connectivity index (χ1n) is 8.40. The highest BCUT2D eigenvalue weighted by Crippen LogP contribution is 2.39. The second kappa shape index (κ2) is 5.05. The smallest absolute Gasteiger partial charge is 0.234 e. The maximum atomic E-state index is 12.1. The molecule has 0 aliphatic carbocycles. The largest absolute Gasteiger partial charge is 0.437 e. The van der Waals surface area contributed by atoms with Gasteiger partial charge in [-0.3, -0.25) is 4.79 Å². The van der Waals surface area contributed by atoms with Crippen molar-refractivity contribution in [2.75, 3.05) is 5.32 Å². The minimum absolute atomic E-state index is 0.00911. The number of aromatic amines is 1. The molecule has 2 aromatic carbocycles. The molecular formula is C20H16N4O2. The molecule has 1 aliphatic heterocycles. The van der Waals surface area contributed by atoms with Crippen LogP contribution in [0.1, 0.15) is 31.1 Å². The van der Waals surface area contributed by atoms with Gasteiger partial charge in [0, 0.05) is 17.8 Å². The van der Waals surface area contributed by atoms with Crippen molar-refractivity contribution < 1.29 is 9.21 Å². The molecule has 4 aromatic rings. The number of amides is 1. The molecule has 128 valence electrons. The molecule has 5 rings (SSSR count). The third-order valence-electron chi connectivity index (χ3n) is 4.82. The number of rotatable bonds is 2. The van der Waals surface area contributed by atoms with Gasteiger partial charge in [-0.15, -0.1) is 0 Å². The van der Waals surface area contributed by atoms with Crippen LogP contribution in [0, 0.1) is 0 Å². The predicted molar refractivity (Wildman–Crippen MR) is 101 cm³/mol. The molecule has 0 atom stereocenters. The number of fused-ring (bicyclic) bond motifs is 3. The van der Waals surface area contributed by atoms with Crippen molar-refractivity contribution in [1.82, 2.24) is 15.0 Å². The maximum Gasteiger partial charge on any atom is 0.234 e. The summed E-state index contributed by atoms with van der Waals surface area (Å²) in [5.74, 6) is 1.22. The van der Waals surface area contributed by atoms with Gasteiger partial charge >= 0.3 is 0 Å². The van der Waals surface area contributed by atoms with Crippen LogP contribution in [0.3, 0.4) is 0 Å². The Morgan fingerprint density at radius 1 is 1.08 bits per heavy atom. The standard InChI is InChI=1S/C20H16N4O2/c1-20(2)11-9-15-16(10-14(11)24-19(20)25)26-18(23-15)8-7-17-21-12-5-3-4-6-13(12)22-17/h3-10H,1-2H3,(H,21,22)(H,24,25)/b8-7+. The summed E-state index contributed by atoms with van der Waals surface area (Å²) in [5, 5.41) is 2.90. The number of H-pyrrole nitrogens is 1. The average molecular weight is 344 g/mol. The highest BCUT2D eigenvalue weighted by atomic mass is 16.3. The van der Waals surface area contributed by atoms with Crippen molar-refractivity contribution in [2.24, 2.45) is 0 Å². The van der Waals surface area contributed by atoms with E-state index in [0.717, 1.165) is 33.6 Å². The minimum Gasteiger partial charge on any atom is -0.437 e. The zero-order chi connectivity index (χ0) is 17.9. The number of imidazole rings is 1. The van der Waals surface area contributed by atoms with E-state index < -0.39 is 5.41 Å². The number of oxazole rings is 1. The van der Waals surface area contributed by atoms with E-state index in [1.807, 2.05) is 56.3 Å². The Morgan fingerprint density at radius 2 is 1.92 bits per heavy atom. The number of hydrogen-bond acceptors (Lipinski definition) is 4. The molecule has 1 aliphatic rings. The number of anilines is 1. The van der Waals surface area contributed by atoms with Crippen LogP contribution >= 0.6 is 0 Å². The third-order valence-corrected chi connectivity index (χ3v) is 4.82. The van der Waals surface area contributed by atoms with Gasteiger partial charge in [-0.1, -0.05) is 12.1 Å². The molecule has 2 aromatic heterocycles. The van der Waals surface area contributed by atoms with Crippen molar-refractivity contribution >= 4 is 45.9 Å². The molecule has 0 radical (unpaired) electrons. The van der Waals surface area contributed by atoms with Crippen LogP contribution in [-0.2, 0) is 10.2 Å². The fourth-order valence-electron chi connectivity index (χ4n) is 3.29. The van der Waals surface area contributed by atoms with Gasteiger partial charge in [0.1, 0.15) is 11.3 Å². The second-order valence-corrected chi connectivity index (χ2v) is 6.97. The van der Waals surface area contributed by atoms with Crippen molar-refractivity contribution in [2.45, 2.75) is 19.3 Å². The van der Waals surface area contributed by atoms with Crippen LogP contribution in [0.15, 0.2) is 40.8 Å². The van der Waals surface area contributed by atoms with Gasteiger partial charge in [0.2, 0.25) is 11.8 Å². The summed E-state index contributed by atoms with van der Waals surface area (Å²) in [6.45, 7) is 3.81. The number of carbonyl (C=O) groups excluding carboxylic acids is 1. The monoisotopic (exact) mass is 344 g/mol. The molecule has 6 heteroatoms. The zero-order valence-electron chi connectivity index (χ0n) is 14.3. The molecule has 0 unspecified atom stereocenters. The topological polar surface area (TPSA) is 83.8 Å². The summed E-state index contributed by atoms with van der Waals surface area (Å²) in [4.78, 5) is 24.3. The quantitative estimate of drug-likeness (QED) is 0.573. The van der Waals surface area contributed by atoms with E-state index in [-0.39, 0.29) is 5.91 Å². The van der Waals surface area contributed by atoms with E-state index in [0.29, 0.717) is 11.5 Å². The number of nitrogens with zero attached hydrogens (tertiary/aromatic N) is 2. The Labute approximate surface area is 149 Å². The lowest BCUT2D eigenvalue weighted by Crippen LogP contribution is -2.26. The van der Waals surface area contributed by atoms with Crippen LogP contribution in [0.25, 0.3) is 34.3 Å². The van der Waals surface area contributed by atoms with E-state index in [4.69, 9.17) is 4.42 Å². The summed E-state index contributed by atoms with van der Waals surface area (Å²) in [6.07, 6.45) is 3.62. The number of benzene rings is 2. The Bertz CT molecular complexity index is 1180. The van der Waals surface area contributed by atoms with Crippen LogP contribution in [0.4, 0.5) is 5.69 Å². The SMILES string of the molecule is CC1(C)C(=O)Nc2cc3oc(/C=C/c4nc5ccccc5[nH]4)nc3cc21. The zero-order valence-corrected chi connectivity index (χ0v) is 14.3. The van der Waals surface area contributed by atoms with Crippen molar-refractivity contribution in [3.8, 4) is 0 Å². The summed E-state index contributed by atoms with van der Waals surface area (Å²) < 4.78 is 5.80. The lowest BCUT2D eigenvalue weighted by molar-refractivity contribution is -0.119. The normalized spacial score (nSPS) is 15.8. The Kier molecular flexibility index (Phi) is 2.89. The average Bonchev–Trinajstić information content (AvgIpc) is 3.26. The number of aromatic nitrogens is 3. The number of carbonyl (C=O) groups is 1. The Balaban J connectivity index is 1.51. The van der Waals surface area contributed by atoms with Crippen LogP contribution in [0.5, 0.6) is 0 Å². The molecule has 26 heavy (non-hydrogen) atoms. The molecular weight excluding hydrogens is 328 g/mol. The lowest BCUT2D eigenvalue weighted by atomic mass is 9.86. The van der Waals surface area contributed by atoms with Crippen molar-refractivity contribution in [3.63, 3.8) is 0 Å². The summed E-state index contributed by atoms with van der Waals surface area (Å²) >= 11 is 0. The van der Waals surface area contributed by atoms with Gasteiger partial charge in [-0.25, -0.2) is 9.97 Å². The van der Waals surface area contributed by atoms with E-state index in [1.54, 1.807) is 6.08 Å². The minimum atomic E-state index is -0.563. The molecule has 0 spiro atoms. The highest BCUT2D eigenvalue weighted by Gasteiger charge is 2.38. The molecule has 0 saturated carbocycles. The number of nitrogens with one attached hydrogen (secondary N) is 2. The second-order valence-electron chi connectivity index (χ2n) is 6.97. The fourth-order valence-corrected chi connectivity index (χ4v) is 3.29. The summed E-state index contributed by atoms with van der Waals surface area (Å²) in [6, 6.07) is 11.6. The van der Waals surface area contributed by atoms with E-state index in [2.05, 4.69) is 20.3 Å². The van der Waals surface area contributed by atoms with E-state index in [9.17, 15) is 4.79 Å². The first-order valence-corrected chi connectivity index (χ1v) is 8.40. The molecule has 0 fully saturated rings. The number of hydrogen-bond donors (Lipinski definition) is 2. The van der Waals surface area contributed by atoms with Crippen molar-refractivity contribution in [3.05, 3.63) is 53.7 Å². The van der Waals surface area contributed by atoms with E-state index in [1.165, 1.54) is 0 Å². The first-order chi connectivity index (χ1) is 12.5. The molecule has 0 bridgehead atoms. The third kappa shape index (κ3) is 2.15. The summed E-state index contributed by atoms with van der Waals surface area (Å²) in [7, 11) is 0. The molecule has 6 nitrogen and oxygen atoms in total. The lowest BCUT2D eigenvalue weighted by Gasteiger charge is -2.14. The van der Waals surface area contributed by atoms with Crippen molar-refractivity contribution in [1.29, 1.82) is 0 Å². The highest BCUT2D eigenvalue weighted by molar-refractivity contribution is 6.07. The van der Waals surface area contributed by atoms with Crippen LogP contribution < -0.4 is 5.32 Å². The van der Waals surface area contributed by atoms with Gasteiger partial charge in [0.15, 0.2) is 5.58 Å². The molecule has 3 heterocycles. The van der Waals surface area contributed by atoms with Gasteiger partial charge in [-0.2, -0.15) is 0 Å².